The number of aliphatic hydroxyl groups excluding tert-OH is 1. The topological polar surface area (TPSA) is 123 Å². The minimum absolute atomic E-state index is 0.101. The Morgan fingerprint density at radius 2 is 1.79 bits per heavy atom. The molecule has 1 saturated heterocycles. The van der Waals surface area contributed by atoms with Gasteiger partial charge in [-0.3, -0.25) is 9.59 Å². The zero-order valence-corrected chi connectivity index (χ0v) is 24.7. The molecule has 0 bridgehead atoms. The number of carbonyl (C=O) groups is 2. The van der Waals surface area contributed by atoms with Crippen LogP contribution in [0.3, 0.4) is 0 Å². The first-order valence-electron chi connectivity index (χ1n) is 15.0. The number of carbonyl (C=O) groups excluding carboxylic acids is 2. The highest BCUT2D eigenvalue weighted by atomic mass is 16.5. The zero-order chi connectivity index (χ0) is 30.2. The van der Waals surface area contributed by atoms with Gasteiger partial charge in [0, 0.05) is 57.4 Å². The number of aromatic nitrogens is 2. The molecule has 1 aliphatic heterocycles. The quantitative estimate of drug-likeness (QED) is 0.213. The lowest BCUT2D eigenvalue weighted by Crippen LogP contribution is -2.42. The third-order valence-corrected chi connectivity index (χ3v) is 8.09. The van der Waals surface area contributed by atoms with Gasteiger partial charge in [-0.2, -0.15) is 0 Å². The smallest absolute Gasteiger partial charge is 0.250 e. The van der Waals surface area contributed by atoms with Gasteiger partial charge in [0.2, 0.25) is 11.8 Å². The van der Waals surface area contributed by atoms with E-state index in [2.05, 4.69) is 22.0 Å². The average molecular weight is 584 g/mol. The molecule has 0 saturated carbocycles. The summed E-state index contributed by atoms with van der Waals surface area (Å²) in [5, 5.41) is 11.5. The Labute approximate surface area is 252 Å². The number of nitrogens with zero attached hydrogens (tertiary/aromatic N) is 3. The zero-order valence-electron chi connectivity index (χ0n) is 24.7. The summed E-state index contributed by atoms with van der Waals surface area (Å²) in [5.41, 5.74) is 12.4. The molecule has 1 aliphatic rings. The molecule has 0 radical (unpaired) electrons. The highest BCUT2D eigenvalue weighted by Crippen LogP contribution is 2.30. The van der Waals surface area contributed by atoms with E-state index in [0.717, 1.165) is 65.9 Å². The second-order valence-corrected chi connectivity index (χ2v) is 11.3. The largest absolute Gasteiger partial charge is 0.387 e. The number of anilines is 1. The van der Waals surface area contributed by atoms with E-state index in [4.69, 9.17) is 20.6 Å². The molecule has 5 rings (SSSR count). The van der Waals surface area contributed by atoms with E-state index in [1.165, 1.54) is 0 Å². The number of benzene rings is 3. The molecule has 0 aliphatic carbocycles. The molecular formula is C34H41N5O4. The van der Waals surface area contributed by atoms with Crippen LogP contribution in [0, 0.1) is 0 Å². The lowest BCUT2D eigenvalue weighted by molar-refractivity contribution is -0.132. The molecule has 2 heterocycles. The van der Waals surface area contributed by atoms with Gasteiger partial charge in [-0.15, -0.1) is 0 Å². The third kappa shape index (κ3) is 7.67. The molecule has 2 amide bonds. The summed E-state index contributed by atoms with van der Waals surface area (Å²) in [5.74, 6) is 0.908. The van der Waals surface area contributed by atoms with Crippen LogP contribution >= 0.6 is 0 Å². The normalized spacial score (nSPS) is 15.9. The standard InChI is InChI=1S/C34H41N5O4/c1-43-19-5-18-39-31-8-3-2-7-30(31)37-34(39)27-6-4-17-38(22-27)33(42)21-28(35)20-24-9-11-25(12-10-24)26-13-15-29(16-14-26)36-32(41)23-40/h2-3,7-16,27-28,40H,4-6,17-23,35H2,1H3,(H,36,41). The summed E-state index contributed by atoms with van der Waals surface area (Å²) in [6.45, 7) is 2.41. The number of ether oxygens (including phenoxy) is 1. The molecule has 226 valence electrons. The van der Waals surface area contributed by atoms with Crippen LogP contribution in [0.2, 0.25) is 0 Å². The lowest BCUT2D eigenvalue weighted by atomic mass is 9.95. The van der Waals surface area contributed by atoms with Crippen LogP contribution in [-0.2, 0) is 27.3 Å². The monoisotopic (exact) mass is 583 g/mol. The predicted molar refractivity (Wildman–Crippen MR) is 169 cm³/mol. The van der Waals surface area contributed by atoms with Crippen LogP contribution in [0.25, 0.3) is 22.2 Å². The van der Waals surface area contributed by atoms with Gasteiger partial charge >= 0.3 is 0 Å². The van der Waals surface area contributed by atoms with Crippen molar-refractivity contribution in [2.75, 3.05) is 38.7 Å². The number of nitrogens with two attached hydrogens (primary N) is 1. The summed E-state index contributed by atoms with van der Waals surface area (Å²) in [6.07, 6.45) is 3.79. The van der Waals surface area contributed by atoms with Gasteiger partial charge < -0.3 is 30.4 Å². The van der Waals surface area contributed by atoms with E-state index in [-0.39, 0.29) is 17.9 Å². The number of nitrogens with one attached hydrogen (secondary N) is 1. The van der Waals surface area contributed by atoms with Gasteiger partial charge in [0.05, 0.1) is 11.0 Å². The summed E-state index contributed by atoms with van der Waals surface area (Å²) in [7, 11) is 1.73. The van der Waals surface area contributed by atoms with Crippen molar-refractivity contribution < 1.29 is 19.4 Å². The lowest BCUT2D eigenvalue weighted by Gasteiger charge is -2.33. The Morgan fingerprint density at radius 1 is 1.07 bits per heavy atom. The maximum absolute atomic E-state index is 13.4. The van der Waals surface area contributed by atoms with Gasteiger partial charge in [0.25, 0.3) is 0 Å². The number of imidazole rings is 1. The van der Waals surface area contributed by atoms with Crippen LogP contribution < -0.4 is 11.1 Å². The Balaban J connectivity index is 1.17. The minimum atomic E-state index is -0.547. The number of fused-ring (bicyclic) bond motifs is 1. The van der Waals surface area contributed by atoms with Gasteiger partial charge in [-0.25, -0.2) is 4.98 Å². The van der Waals surface area contributed by atoms with Crippen LogP contribution in [0.4, 0.5) is 5.69 Å². The molecule has 43 heavy (non-hydrogen) atoms. The second-order valence-electron chi connectivity index (χ2n) is 11.3. The highest BCUT2D eigenvalue weighted by Gasteiger charge is 2.29. The number of para-hydroxylation sites is 2. The highest BCUT2D eigenvalue weighted by molar-refractivity contribution is 5.91. The van der Waals surface area contributed by atoms with E-state index in [9.17, 15) is 9.59 Å². The first kappa shape index (κ1) is 30.4. The van der Waals surface area contributed by atoms with Crippen molar-refractivity contribution in [3.8, 4) is 11.1 Å². The molecule has 1 aromatic heterocycles. The van der Waals surface area contributed by atoms with Gasteiger partial charge in [0.1, 0.15) is 12.4 Å². The van der Waals surface area contributed by atoms with Crippen molar-refractivity contribution >= 4 is 28.5 Å². The van der Waals surface area contributed by atoms with Crippen LogP contribution in [0.5, 0.6) is 0 Å². The van der Waals surface area contributed by atoms with E-state index < -0.39 is 12.5 Å². The third-order valence-electron chi connectivity index (χ3n) is 8.09. The first-order chi connectivity index (χ1) is 20.9. The molecule has 9 nitrogen and oxygen atoms in total. The van der Waals surface area contributed by atoms with Gasteiger partial charge in [-0.1, -0.05) is 48.5 Å². The van der Waals surface area contributed by atoms with Crippen molar-refractivity contribution in [2.45, 2.75) is 50.6 Å². The molecule has 2 unspecified atom stereocenters. The Hall–Kier alpha value is -4.05. The Morgan fingerprint density at radius 3 is 2.51 bits per heavy atom. The van der Waals surface area contributed by atoms with Crippen molar-refractivity contribution in [1.82, 2.24) is 14.5 Å². The Bertz CT molecular complexity index is 1520. The van der Waals surface area contributed by atoms with E-state index >= 15 is 0 Å². The molecule has 0 spiro atoms. The molecule has 3 aromatic carbocycles. The number of piperidine rings is 1. The molecule has 2 atom stereocenters. The SMILES string of the molecule is COCCCn1c(C2CCCN(C(=O)CC(N)Cc3ccc(-c4ccc(NC(=O)CO)cc4)cc3)C2)nc2ccccc21. The van der Waals surface area contributed by atoms with Crippen molar-refractivity contribution in [3.63, 3.8) is 0 Å². The van der Waals surface area contributed by atoms with Crippen LogP contribution in [0.15, 0.2) is 72.8 Å². The summed E-state index contributed by atoms with van der Waals surface area (Å²) >= 11 is 0. The average Bonchev–Trinajstić information content (AvgIpc) is 3.40. The summed E-state index contributed by atoms with van der Waals surface area (Å²) in [6, 6.07) is 23.6. The number of likely N-dealkylation sites (tertiary alicyclic amines) is 1. The number of aryl methyl sites for hydroxylation is 1. The molecule has 1 fully saturated rings. The maximum atomic E-state index is 13.4. The van der Waals surface area contributed by atoms with Gasteiger partial charge in [-0.05, 0) is 66.6 Å². The fourth-order valence-corrected chi connectivity index (χ4v) is 5.93. The van der Waals surface area contributed by atoms with Crippen molar-refractivity contribution in [2.24, 2.45) is 5.73 Å². The molecule has 4 aromatic rings. The minimum Gasteiger partial charge on any atom is -0.387 e. The number of hydrogen-bond donors (Lipinski definition) is 3. The fourth-order valence-electron chi connectivity index (χ4n) is 5.93. The van der Waals surface area contributed by atoms with Crippen molar-refractivity contribution in [3.05, 3.63) is 84.2 Å². The second kappa shape index (κ2) is 14.4. The Kier molecular flexibility index (Phi) is 10.2. The number of hydrogen-bond acceptors (Lipinski definition) is 6. The summed E-state index contributed by atoms with van der Waals surface area (Å²) < 4.78 is 7.60. The number of rotatable bonds is 12. The number of amides is 2. The van der Waals surface area contributed by atoms with E-state index in [1.807, 2.05) is 53.4 Å². The molecule has 4 N–H and O–H groups in total. The van der Waals surface area contributed by atoms with E-state index in [1.54, 1.807) is 19.2 Å². The summed E-state index contributed by atoms with van der Waals surface area (Å²) in [4.78, 5) is 31.7. The predicted octanol–water partition coefficient (Wildman–Crippen LogP) is 4.34. The van der Waals surface area contributed by atoms with Crippen LogP contribution in [0.1, 0.15) is 43.0 Å². The first-order valence-corrected chi connectivity index (χ1v) is 15.0. The number of aliphatic hydroxyl groups is 1. The molecule has 9 heteroatoms. The van der Waals surface area contributed by atoms with Gasteiger partial charge in [0.15, 0.2) is 0 Å². The van der Waals surface area contributed by atoms with Crippen molar-refractivity contribution in [1.29, 1.82) is 0 Å². The maximum Gasteiger partial charge on any atom is 0.250 e. The van der Waals surface area contributed by atoms with E-state index in [0.29, 0.717) is 31.7 Å². The van der Waals surface area contributed by atoms with Crippen LogP contribution in [-0.4, -0.2) is 70.8 Å². The molecular weight excluding hydrogens is 542 g/mol. The fraction of sp³-hybridized carbons (Fsp3) is 0.382. The number of methoxy groups -OCH3 is 1.